The summed E-state index contributed by atoms with van der Waals surface area (Å²) in [7, 11) is 3.11. The Kier molecular flexibility index (Phi) is 24.9. The highest BCUT2D eigenvalue weighted by atomic mass is 16.6. The van der Waals surface area contributed by atoms with Crippen LogP contribution in [-0.4, -0.2) is 42.4 Å². The molecule has 1 N–H and O–H groups in total. The van der Waals surface area contributed by atoms with Gasteiger partial charge in [-0.1, -0.05) is 42.0 Å². The van der Waals surface area contributed by atoms with Crippen molar-refractivity contribution in [3.8, 4) is 0 Å². The number of ether oxygens (including phenoxy) is 1. The highest BCUT2D eigenvalue weighted by Gasteiger charge is 2.32. The quantitative estimate of drug-likeness (QED) is 0.623. The maximum atomic E-state index is 11.0. The van der Waals surface area contributed by atoms with Crippen molar-refractivity contribution >= 4 is 5.91 Å². The van der Waals surface area contributed by atoms with Crippen molar-refractivity contribution in [2.24, 2.45) is 5.92 Å². The number of likely N-dealkylation sites (tertiary alicyclic amines) is 1. The Hall–Kier alpha value is -0.870. The van der Waals surface area contributed by atoms with Crippen LogP contribution in [0.1, 0.15) is 54.9 Å². The van der Waals surface area contributed by atoms with E-state index in [1.54, 1.807) is 7.05 Å². The van der Waals surface area contributed by atoms with Crippen LogP contribution in [0.4, 0.5) is 0 Å². The summed E-state index contributed by atoms with van der Waals surface area (Å²) in [5.74, 6) is 0.908. The molecule has 4 heteroatoms. The molecule has 1 amide bonds. The Morgan fingerprint density at radius 3 is 1.85 bits per heavy atom. The molecule has 0 bridgehead atoms. The van der Waals surface area contributed by atoms with Crippen molar-refractivity contribution in [3.63, 3.8) is 0 Å². The molecule has 1 saturated heterocycles. The molecule has 2 atom stereocenters. The van der Waals surface area contributed by atoms with Gasteiger partial charge < -0.3 is 14.7 Å². The third kappa shape index (κ3) is 13.6. The van der Waals surface area contributed by atoms with Gasteiger partial charge in [0.1, 0.15) is 0 Å². The molecule has 1 rings (SSSR count). The van der Waals surface area contributed by atoms with E-state index in [2.05, 4.69) is 33.9 Å². The van der Waals surface area contributed by atoms with Gasteiger partial charge in [-0.2, -0.15) is 0 Å². The van der Waals surface area contributed by atoms with Crippen molar-refractivity contribution in [3.05, 3.63) is 13.2 Å². The maximum absolute atomic E-state index is 11.0. The summed E-state index contributed by atoms with van der Waals surface area (Å²) in [6.07, 6.45) is 0.359. The second kappa shape index (κ2) is 18.1. The summed E-state index contributed by atoms with van der Waals surface area (Å²) in [5, 5.41) is 9.23. The summed E-state index contributed by atoms with van der Waals surface area (Å²) in [6, 6.07) is -0.160. The summed E-state index contributed by atoms with van der Waals surface area (Å²) in [4.78, 5) is 12.5. The van der Waals surface area contributed by atoms with Gasteiger partial charge in [-0.05, 0) is 12.3 Å². The Bertz CT molecular complexity index is 205. The van der Waals surface area contributed by atoms with Gasteiger partial charge >= 0.3 is 0 Å². The van der Waals surface area contributed by atoms with Gasteiger partial charge in [0, 0.05) is 20.6 Å². The molecule has 1 fully saturated rings. The van der Waals surface area contributed by atoms with Crippen LogP contribution in [0.2, 0.25) is 0 Å². The molecule has 1 aliphatic rings. The molecule has 4 nitrogen and oxygen atoms in total. The van der Waals surface area contributed by atoms with E-state index in [0.717, 1.165) is 5.92 Å². The maximum Gasteiger partial charge on any atom is 0.222 e. The van der Waals surface area contributed by atoms with Crippen LogP contribution in [-0.2, 0) is 9.53 Å². The van der Waals surface area contributed by atoms with Gasteiger partial charge in [0.15, 0.2) is 6.29 Å². The van der Waals surface area contributed by atoms with E-state index in [1.165, 1.54) is 12.0 Å². The fourth-order valence-electron chi connectivity index (χ4n) is 1.32. The van der Waals surface area contributed by atoms with Gasteiger partial charge in [-0.25, -0.2) is 0 Å². The largest absolute Gasteiger partial charge is 0.366 e. The number of methoxy groups -OCH3 is 1. The predicted molar refractivity (Wildman–Crippen MR) is 88.7 cm³/mol. The zero-order valence-electron chi connectivity index (χ0n) is 13.8. The molecule has 0 aromatic rings. The van der Waals surface area contributed by atoms with Crippen LogP contribution in [0.25, 0.3) is 0 Å². The van der Waals surface area contributed by atoms with E-state index in [4.69, 9.17) is 4.74 Å². The lowest BCUT2D eigenvalue weighted by Crippen LogP contribution is -2.39. The molecule has 0 aromatic carbocycles. The SMILES string of the molecule is C.C=C.CC.CC(C)C.COC(O)C1CCC(=O)N1C. The third-order valence-electron chi connectivity index (χ3n) is 2.12. The number of aliphatic hydroxyl groups excluding tert-OH is 1. The minimum atomic E-state index is -0.841. The zero-order chi connectivity index (χ0) is 16.0. The zero-order valence-corrected chi connectivity index (χ0v) is 13.8. The van der Waals surface area contributed by atoms with E-state index in [1.807, 2.05) is 13.8 Å². The summed E-state index contributed by atoms with van der Waals surface area (Å²) < 4.78 is 4.71. The lowest BCUT2D eigenvalue weighted by molar-refractivity contribution is -0.140. The molecular formula is C16H37NO3. The first-order chi connectivity index (χ1) is 8.90. The van der Waals surface area contributed by atoms with Crippen LogP contribution < -0.4 is 0 Å². The average Bonchev–Trinajstić information content (AvgIpc) is 2.73. The lowest BCUT2D eigenvalue weighted by Gasteiger charge is -2.23. The van der Waals surface area contributed by atoms with Crippen molar-refractivity contribution in [1.82, 2.24) is 4.90 Å². The van der Waals surface area contributed by atoms with E-state index in [0.29, 0.717) is 12.8 Å². The molecule has 124 valence electrons. The Morgan fingerprint density at radius 2 is 1.65 bits per heavy atom. The lowest BCUT2D eigenvalue weighted by atomic mass is 10.2. The third-order valence-corrected chi connectivity index (χ3v) is 2.12. The van der Waals surface area contributed by atoms with Crippen molar-refractivity contribution in [2.45, 2.75) is 67.2 Å². The molecule has 0 aromatic heterocycles. The summed E-state index contributed by atoms with van der Waals surface area (Å²) in [6.45, 7) is 16.5. The molecule has 0 spiro atoms. The number of aliphatic hydroxyl groups is 1. The predicted octanol–water partition coefficient (Wildman–Crippen LogP) is 3.70. The van der Waals surface area contributed by atoms with E-state index >= 15 is 0 Å². The Morgan fingerprint density at radius 1 is 1.30 bits per heavy atom. The second-order valence-electron chi connectivity index (χ2n) is 4.47. The van der Waals surface area contributed by atoms with E-state index in [9.17, 15) is 9.90 Å². The molecule has 20 heavy (non-hydrogen) atoms. The number of nitrogens with zero attached hydrogens (tertiary/aromatic N) is 1. The van der Waals surface area contributed by atoms with Crippen LogP contribution in [0.3, 0.4) is 0 Å². The van der Waals surface area contributed by atoms with Gasteiger partial charge in [-0.15, -0.1) is 13.2 Å². The number of hydrogen-bond donors (Lipinski definition) is 1. The number of likely N-dealkylation sites (N-methyl/N-ethyl adjacent to an activating group) is 1. The Labute approximate surface area is 126 Å². The van der Waals surface area contributed by atoms with Gasteiger partial charge in [0.25, 0.3) is 0 Å². The van der Waals surface area contributed by atoms with Gasteiger partial charge in [-0.3, -0.25) is 4.79 Å². The molecule has 1 aliphatic heterocycles. The first kappa shape index (κ1) is 27.5. The van der Waals surface area contributed by atoms with E-state index < -0.39 is 6.29 Å². The topological polar surface area (TPSA) is 49.8 Å². The van der Waals surface area contributed by atoms with E-state index in [-0.39, 0.29) is 19.4 Å². The molecule has 2 unspecified atom stereocenters. The minimum Gasteiger partial charge on any atom is -0.366 e. The normalized spacial score (nSPS) is 17.6. The second-order valence-corrected chi connectivity index (χ2v) is 4.47. The average molecular weight is 291 g/mol. The van der Waals surface area contributed by atoms with Crippen molar-refractivity contribution in [2.75, 3.05) is 14.2 Å². The highest BCUT2D eigenvalue weighted by molar-refractivity contribution is 5.78. The fourth-order valence-corrected chi connectivity index (χ4v) is 1.32. The molecule has 1 heterocycles. The van der Waals surface area contributed by atoms with Crippen LogP contribution >= 0.6 is 0 Å². The number of hydrogen-bond acceptors (Lipinski definition) is 3. The smallest absolute Gasteiger partial charge is 0.222 e. The summed E-state index contributed by atoms with van der Waals surface area (Å²) >= 11 is 0. The first-order valence-electron chi connectivity index (χ1n) is 6.86. The number of rotatable bonds is 2. The number of carbonyl (C=O) groups is 1. The monoisotopic (exact) mass is 291 g/mol. The van der Waals surface area contributed by atoms with Crippen LogP contribution in [0.15, 0.2) is 13.2 Å². The van der Waals surface area contributed by atoms with Crippen LogP contribution in [0.5, 0.6) is 0 Å². The van der Waals surface area contributed by atoms with Crippen molar-refractivity contribution < 1.29 is 14.6 Å². The number of carbonyl (C=O) groups excluding carboxylic acids is 1. The highest BCUT2D eigenvalue weighted by Crippen LogP contribution is 2.19. The molecule has 0 aliphatic carbocycles. The Balaban J connectivity index is -0.000000122. The molecular weight excluding hydrogens is 254 g/mol. The molecule has 0 radical (unpaired) electrons. The van der Waals surface area contributed by atoms with Crippen LogP contribution in [0, 0.1) is 5.92 Å². The summed E-state index contributed by atoms with van der Waals surface area (Å²) in [5.41, 5.74) is 0. The standard InChI is InChI=1S/C7H13NO3.C4H10.C2H6.C2H4.CH4/c1-8-5(7(10)11-2)3-4-6(8)9;1-4(2)3;2*1-2;/h5,7,10H,3-4H2,1-2H3;4H,1-3H3;1-2H3;1-2H2;1H4. The molecule has 0 saturated carbocycles. The van der Waals surface area contributed by atoms with Gasteiger partial charge in [0.05, 0.1) is 6.04 Å². The first-order valence-corrected chi connectivity index (χ1v) is 6.86. The van der Waals surface area contributed by atoms with Crippen molar-refractivity contribution in [1.29, 1.82) is 0 Å². The fraction of sp³-hybridized carbons (Fsp3) is 0.812. The van der Waals surface area contributed by atoms with Gasteiger partial charge in [0.2, 0.25) is 5.91 Å². The minimum absolute atomic E-state index is 0. The number of amides is 1.